The van der Waals surface area contributed by atoms with Crippen molar-refractivity contribution in [2.45, 2.75) is 17.9 Å². The number of nitrogens with zero attached hydrogens (tertiary/aromatic N) is 2. The van der Waals surface area contributed by atoms with Crippen LogP contribution in [0.1, 0.15) is 6.92 Å². The summed E-state index contributed by atoms with van der Waals surface area (Å²) in [6.45, 7) is 2.77. The van der Waals surface area contributed by atoms with Gasteiger partial charge in [-0.2, -0.15) is 0 Å². The lowest BCUT2D eigenvalue weighted by atomic mass is 10.2. The largest absolute Gasteiger partial charge is 0.382 e. The molecule has 1 N–H and O–H groups in total. The second kappa shape index (κ2) is 6.36. The molecule has 0 spiro atoms. The average molecular weight is 285 g/mol. The first kappa shape index (κ1) is 15.9. The molecule has 19 heavy (non-hydrogen) atoms. The van der Waals surface area contributed by atoms with E-state index in [2.05, 4.69) is 17.1 Å². The smallest absolute Gasteiger partial charge is 0.244 e. The van der Waals surface area contributed by atoms with Crippen LogP contribution in [-0.2, 0) is 10.0 Å². The van der Waals surface area contributed by atoms with Gasteiger partial charge in [0.2, 0.25) is 10.0 Å². The van der Waals surface area contributed by atoms with Gasteiger partial charge in [-0.3, -0.25) is 0 Å². The Labute approximate surface area is 116 Å². The van der Waals surface area contributed by atoms with Gasteiger partial charge >= 0.3 is 0 Å². The van der Waals surface area contributed by atoms with Gasteiger partial charge in [-0.1, -0.05) is 12.1 Å². The average Bonchev–Trinajstić information content (AvgIpc) is 2.35. The fourth-order valence-corrected chi connectivity index (χ4v) is 2.54. The van der Waals surface area contributed by atoms with E-state index >= 15 is 0 Å². The maximum Gasteiger partial charge on any atom is 0.244 e. The third-order valence-corrected chi connectivity index (χ3v) is 4.99. The number of nitrogens with one attached hydrogen (secondary N) is 1. The molecule has 0 aromatic heterocycles. The zero-order valence-electron chi connectivity index (χ0n) is 12.2. The Balaban J connectivity index is 2.98. The molecule has 108 valence electrons. The standard InChI is InChI=1S/C13H23N3O2S/c1-11(15(2)3)10-14-12-8-6-7-9-13(12)19(17,18)16(4)5/h6-9,11,14H,10H2,1-5H3. The van der Waals surface area contributed by atoms with Gasteiger partial charge in [-0.05, 0) is 33.2 Å². The SMILES string of the molecule is CC(CNc1ccccc1S(=O)(=O)N(C)C)N(C)C. The number of hydrogen-bond acceptors (Lipinski definition) is 4. The van der Waals surface area contributed by atoms with Gasteiger partial charge in [0.05, 0.1) is 5.69 Å². The van der Waals surface area contributed by atoms with E-state index < -0.39 is 10.0 Å². The van der Waals surface area contributed by atoms with Crippen molar-refractivity contribution in [1.82, 2.24) is 9.21 Å². The minimum atomic E-state index is -3.42. The number of para-hydroxylation sites is 1. The van der Waals surface area contributed by atoms with E-state index in [9.17, 15) is 8.42 Å². The summed E-state index contributed by atoms with van der Waals surface area (Å²) in [5.41, 5.74) is 0.643. The predicted octanol–water partition coefficient (Wildman–Crippen LogP) is 1.30. The molecule has 6 heteroatoms. The molecule has 1 unspecified atom stereocenters. The second-order valence-electron chi connectivity index (χ2n) is 4.98. The molecule has 1 aromatic rings. The second-order valence-corrected chi connectivity index (χ2v) is 7.10. The molecule has 0 aliphatic carbocycles. The van der Waals surface area contributed by atoms with Gasteiger partial charge in [0.25, 0.3) is 0 Å². The van der Waals surface area contributed by atoms with E-state index in [4.69, 9.17) is 0 Å². The van der Waals surface area contributed by atoms with Gasteiger partial charge in [0.15, 0.2) is 0 Å². The van der Waals surface area contributed by atoms with E-state index in [0.29, 0.717) is 23.2 Å². The van der Waals surface area contributed by atoms with Gasteiger partial charge in [-0.25, -0.2) is 12.7 Å². The van der Waals surface area contributed by atoms with Crippen LogP contribution >= 0.6 is 0 Å². The van der Waals surface area contributed by atoms with Crippen molar-refractivity contribution in [2.75, 3.05) is 40.1 Å². The molecule has 0 bridgehead atoms. The van der Waals surface area contributed by atoms with Crippen molar-refractivity contribution < 1.29 is 8.42 Å². The fourth-order valence-electron chi connectivity index (χ4n) is 1.47. The lowest BCUT2D eigenvalue weighted by Crippen LogP contribution is -2.32. The fraction of sp³-hybridized carbons (Fsp3) is 0.538. The quantitative estimate of drug-likeness (QED) is 0.856. The van der Waals surface area contributed by atoms with Gasteiger partial charge in [0, 0.05) is 26.7 Å². The highest BCUT2D eigenvalue weighted by Gasteiger charge is 2.20. The Morgan fingerprint density at radius 1 is 1.16 bits per heavy atom. The van der Waals surface area contributed by atoms with Crippen molar-refractivity contribution in [3.63, 3.8) is 0 Å². The normalized spacial score (nSPS) is 13.8. The van der Waals surface area contributed by atoms with E-state index in [1.807, 2.05) is 20.2 Å². The van der Waals surface area contributed by atoms with Gasteiger partial charge < -0.3 is 10.2 Å². The zero-order chi connectivity index (χ0) is 14.6. The first-order valence-corrected chi connectivity index (χ1v) is 7.62. The summed E-state index contributed by atoms with van der Waals surface area (Å²) >= 11 is 0. The van der Waals surface area contributed by atoms with Crippen LogP contribution in [0, 0.1) is 0 Å². The minimum absolute atomic E-state index is 0.311. The molecule has 0 fully saturated rings. The van der Waals surface area contributed by atoms with Crippen molar-refractivity contribution in [3.8, 4) is 0 Å². The van der Waals surface area contributed by atoms with Crippen LogP contribution in [0.2, 0.25) is 0 Å². The van der Waals surface area contributed by atoms with Crippen molar-refractivity contribution in [1.29, 1.82) is 0 Å². The van der Waals surface area contributed by atoms with E-state index in [1.165, 1.54) is 18.4 Å². The van der Waals surface area contributed by atoms with Crippen LogP contribution in [0.25, 0.3) is 0 Å². The molecule has 1 aromatic carbocycles. The van der Waals surface area contributed by atoms with Crippen LogP contribution < -0.4 is 5.32 Å². The monoisotopic (exact) mass is 285 g/mol. The third-order valence-electron chi connectivity index (χ3n) is 3.12. The Kier molecular flexibility index (Phi) is 5.34. The molecular formula is C13H23N3O2S. The van der Waals surface area contributed by atoms with E-state index in [1.54, 1.807) is 18.2 Å². The van der Waals surface area contributed by atoms with Crippen LogP contribution in [-0.4, -0.2) is 58.4 Å². The molecule has 5 nitrogen and oxygen atoms in total. The maximum atomic E-state index is 12.2. The number of likely N-dealkylation sites (N-methyl/N-ethyl adjacent to an activating group) is 1. The Morgan fingerprint density at radius 2 is 1.74 bits per heavy atom. The summed E-state index contributed by atoms with van der Waals surface area (Å²) in [6, 6.07) is 7.29. The molecule has 0 aliphatic rings. The topological polar surface area (TPSA) is 52.7 Å². The number of anilines is 1. The van der Waals surface area contributed by atoms with Crippen LogP contribution in [0.4, 0.5) is 5.69 Å². The zero-order valence-corrected chi connectivity index (χ0v) is 13.0. The Morgan fingerprint density at radius 3 is 2.26 bits per heavy atom. The molecule has 1 atom stereocenters. The molecular weight excluding hydrogens is 262 g/mol. The molecule has 0 heterocycles. The maximum absolute atomic E-state index is 12.2. The number of sulfonamides is 1. The van der Waals surface area contributed by atoms with Crippen molar-refractivity contribution in [2.24, 2.45) is 0 Å². The number of benzene rings is 1. The minimum Gasteiger partial charge on any atom is -0.382 e. The first-order valence-electron chi connectivity index (χ1n) is 6.18. The van der Waals surface area contributed by atoms with Crippen molar-refractivity contribution >= 4 is 15.7 Å². The molecule has 0 aliphatic heterocycles. The van der Waals surface area contributed by atoms with E-state index in [-0.39, 0.29) is 0 Å². The number of rotatable bonds is 6. The summed E-state index contributed by atoms with van der Waals surface area (Å²) < 4.78 is 25.6. The first-order chi connectivity index (χ1) is 8.76. The third kappa shape index (κ3) is 3.92. The Hall–Kier alpha value is -1.11. The van der Waals surface area contributed by atoms with Crippen LogP contribution in [0.5, 0.6) is 0 Å². The highest BCUT2D eigenvalue weighted by molar-refractivity contribution is 7.89. The Bertz CT molecular complexity index is 512. The summed E-state index contributed by atoms with van der Waals surface area (Å²) in [6.07, 6.45) is 0. The molecule has 0 radical (unpaired) electrons. The molecule has 0 saturated carbocycles. The molecule has 1 rings (SSSR count). The lowest BCUT2D eigenvalue weighted by Gasteiger charge is -2.22. The molecule has 0 saturated heterocycles. The summed E-state index contributed by atoms with van der Waals surface area (Å²) in [7, 11) is 3.64. The number of hydrogen-bond donors (Lipinski definition) is 1. The van der Waals surface area contributed by atoms with Gasteiger partial charge in [0.1, 0.15) is 4.90 Å². The van der Waals surface area contributed by atoms with E-state index in [0.717, 1.165) is 0 Å². The summed E-state index contributed by atoms with van der Waals surface area (Å²) in [5, 5.41) is 3.21. The highest BCUT2D eigenvalue weighted by Crippen LogP contribution is 2.23. The summed E-state index contributed by atoms with van der Waals surface area (Å²) in [5.74, 6) is 0. The summed E-state index contributed by atoms with van der Waals surface area (Å²) in [4.78, 5) is 2.39. The van der Waals surface area contributed by atoms with Crippen LogP contribution in [0.3, 0.4) is 0 Å². The van der Waals surface area contributed by atoms with Crippen molar-refractivity contribution in [3.05, 3.63) is 24.3 Å². The van der Waals surface area contributed by atoms with Crippen LogP contribution in [0.15, 0.2) is 29.2 Å². The predicted molar refractivity (Wildman–Crippen MR) is 79.0 cm³/mol. The molecule has 0 amide bonds. The lowest BCUT2D eigenvalue weighted by molar-refractivity contribution is 0.326. The van der Waals surface area contributed by atoms with Gasteiger partial charge in [-0.15, -0.1) is 0 Å². The highest BCUT2D eigenvalue weighted by atomic mass is 32.2.